The molecule has 2 aromatic carbocycles. The van der Waals surface area contributed by atoms with Crippen LogP contribution in [0.4, 0.5) is 21.6 Å². The third kappa shape index (κ3) is 4.94. The number of rotatable bonds is 6. The predicted octanol–water partition coefficient (Wildman–Crippen LogP) is 4.87. The lowest BCUT2D eigenvalue weighted by Crippen LogP contribution is -2.14. The fraction of sp³-hybridized carbons (Fsp3) is 0.250. The Morgan fingerprint density at radius 2 is 1.81 bits per heavy atom. The number of hydrogen-bond acceptors (Lipinski definition) is 5. The second-order valence-electron chi connectivity index (χ2n) is 7.81. The van der Waals surface area contributed by atoms with Crippen molar-refractivity contribution in [1.82, 2.24) is 4.98 Å². The van der Waals surface area contributed by atoms with Crippen LogP contribution in [0.25, 0.3) is 11.3 Å². The van der Waals surface area contributed by atoms with Crippen molar-refractivity contribution < 1.29 is 13.9 Å². The summed E-state index contributed by atoms with van der Waals surface area (Å²) in [6.45, 7) is 0.716. The van der Waals surface area contributed by atoms with Gasteiger partial charge in [-0.15, -0.1) is 0 Å². The van der Waals surface area contributed by atoms with Gasteiger partial charge in [-0.25, -0.2) is 9.37 Å². The van der Waals surface area contributed by atoms with E-state index in [-0.39, 0.29) is 11.4 Å². The van der Waals surface area contributed by atoms with Crippen LogP contribution in [-0.4, -0.2) is 17.5 Å². The van der Waals surface area contributed by atoms with Gasteiger partial charge in [0.05, 0.1) is 23.6 Å². The Hall–Kier alpha value is -3.61. The second-order valence-corrected chi connectivity index (χ2v) is 7.81. The van der Waals surface area contributed by atoms with Gasteiger partial charge < -0.3 is 21.5 Å². The zero-order valence-electron chi connectivity index (χ0n) is 17.1. The van der Waals surface area contributed by atoms with E-state index in [4.69, 9.17) is 16.2 Å². The van der Waals surface area contributed by atoms with Crippen LogP contribution in [0.3, 0.4) is 0 Å². The molecule has 6 nitrogen and oxygen atoms in total. The average molecular weight is 420 g/mol. The van der Waals surface area contributed by atoms with Gasteiger partial charge in [0.15, 0.2) is 0 Å². The van der Waals surface area contributed by atoms with E-state index in [0.29, 0.717) is 35.2 Å². The molecular formula is C24H25FN4O2. The number of nitrogens with two attached hydrogens (primary N) is 2. The fourth-order valence-electron chi connectivity index (χ4n) is 3.73. The maximum atomic E-state index is 14.3. The smallest absolute Gasteiger partial charge is 0.258 e. The Morgan fingerprint density at radius 3 is 2.52 bits per heavy atom. The molecule has 0 unspecified atom stereocenters. The van der Waals surface area contributed by atoms with E-state index < -0.39 is 11.7 Å². The van der Waals surface area contributed by atoms with E-state index in [0.717, 1.165) is 5.75 Å². The van der Waals surface area contributed by atoms with Gasteiger partial charge in [-0.1, -0.05) is 12.8 Å². The molecule has 3 aromatic rings. The summed E-state index contributed by atoms with van der Waals surface area (Å²) in [6.07, 6.45) is 4.99. The highest BCUT2D eigenvalue weighted by Crippen LogP contribution is 2.27. The lowest BCUT2D eigenvalue weighted by Gasteiger charge is -2.12. The number of nitrogens with one attached hydrogen (secondary N) is 1. The third-order valence-corrected chi connectivity index (χ3v) is 5.54. The van der Waals surface area contributed by atoms with Crippen molar-refractivity contribution in [2.24, 2.45) is 5.92 Å². The maximum absolute atomic E-state index is 14.3. The normalized spacial score (nSPS) is 13.8. The molecule has 1 heterocycles. The van der Waals surface area contributed by atoms with Crippen molar-refractivity contribution in [2.45, 2.75) is 25.7 Å². The molecular weight excluding hydrogens is 395 g/mol. The maximum Gasteiger partial charge on any atom is 0.258 e. The van der Waals surface area contributed by atoms with Crippen molar-refractivity contribution in [1.29, 1.82) is 0 Å². The lowest BCUT2D eigenvalue weighted by molar-refractivity contribution is 0.102. The zero-order chi connectivity index (χ0) is 21.8. The molecule has 1 aliphatic rings. The minimum atomic E-state index is -0.624. The molecule has 160 valence electrons. The first-order chi connectivity index (χ1) is 15.0. The van der Waals surface area contributed by atoms with Crippen molar-refractivity contribution in [3.63, 3.8) is 0 Å². The number of anilines is 3. The van der Waals surface area contributed by atoms with E-state index in [9.17, 15) is 9.18 Å². The first-order valence-electron chi connectivity index (χ1n) is 10.4. The summed E-state index contributed by atoms with van der Waals surface area (Å²) in [5.41, 5.74) is 13.3. The molecule has 1 fully saturated rings. The molecule has 7 heteroatoms. The summed E-state index contributed by atoms with van der Waals surface area (Å²) in [7, 11) is 0. The van der Waals surface area contributed by atoms with Crippen LogP contribution in [0.1, 0.15) is 36.0 Å². The standard InChI is InChI=1S/C24H25FN4O2/c25-20-10-5-16(22-12-11-21(26)23(27)29-22)13-19(20)24(30)28-17-6-8-18(9-7-17)31-14-15-3-1-2-4-15/h5-13,15H,1-4,14,26H2,(H2,27,29)(H,28,30). The molecule has 0 atom stereocenters. The van der Waals surface area contributed by atoms with Crippen molar-refractivity contribution in [2.75, 3.05) is 23.4 Å². The molecule has 1 amide bonds. The average Bonchev–Trinajstić information content (AvgIpc) is 3.29. The molecule has 1 aliphatic carbocycles. The van der Waals surface area contributed by atoms with E-state index >= 15 is 0 Å². The number of nitrogen functional groups attached to an aromatic ring is 2. The Bertz CT molecular complexity index is 1080. The van der Waals surface area contributed by atoms with Crippen LogP contribution < -0.4 is 21.5 Å². The van der Waals surface area contributed by atoms with E-state index in [1.54, 1.807) is 42.5 Å². The highest BCUT2D eigenvalue weighted by molar-refractivity contribution is 6.05. The highest BCUT2D eigenvalue weighted by atomic mass is 19.1. The Kier molecular flexibility index (Phi) is 6.02. The fourth-order valence-corrected chi connectivity index (χ4v) is 3.73. The van der Waals surface area contributed by atoms with Gasteiger partial charge in [0.2, 0.25) is 0 Å². The molecule has 0 aliphatic heterocycles. The molecule has 5 N–H and O–H groups in total. The second kappa shape index (κ2) is 9.04. The SMILES string of the molecule is Nc1ccc(-c2ccc(F)c(C(=O)Nc3ccc(OCC4CCCC4)cc3)c2)nc1N. The van der Waals surface area contributed by atoms with Crippen molar-refractivity contribution in [3.05, 3.63) is 66.0 Å². The number of ether oxygens (including phenoxy) is 1. The number of amides is 1. The number of halogens is 1. The van der Waals surface area contributed by atoms with Crippen LogP contribution in [-0.2, 0) is 0 Å². The van der Waals surface area contributed by atoms with E-state index in [2.05, 4.69) is 10.3 Å². The van der Waals surface area contributed by atoms with Crippen molar-refractivity contribution >= 4 is 23.1 Å². The monoisotopic (exact) mass is 420 g/mol. The summed E-state index contributed by atoms with van der Waals surface area (Å²) < 4.78 is 20.2. The summed E-state index contributed by atoms with van der Waals surface area (Å²) in [5.74, 6) is 0.386. The van der Waals surface area contributed by atoms with Gasteiger partial charge in [0.25, 0.3) is 5.91 Å². The number of carbonyl (C=O) groups excluding carboxylic acids is 1. The predicted molar refractivity (Wildman–Crippen MR) is 120 cm³/mol. The van der Waals surface area contributed by atoms with Gasteiger partial charge in [0, 0.05) is 11.3 Å². The van der Waals surface area contributed by atoms with Crippen molar-refractivity contribution in [3.8, 4) is 17.0 Å². The Morgan fingerprint density at radius 1 is 1.06 bits per heavy atom. The van der Waals surface area contributed by atoms with Crippen LogP contribution in [0.2, 0.25) is 0 Å². The summed E-state index contributed by atoms with van der Waals surface area (Å²) in [6, 6.07) is 14.6. The minimum Gasteiger partial charge on any atom is -0.493 e. The van der Waals surface area contributed by atoms with Crippen LogP contribution in [0.15, 0.2) is 54.6 Å². The molecule has 31 heavy (non-hydrogen) atoms. The number of hydrogen-bond donors (Lipinski definition) is 3. The summed E-state index contributed by atoms with van der Waals surface area (Å²) in [5, 5.41) is 2.72. The third-order valence-electron chi connectivity index (χ3n) is 5.54. The molecule has 1 saturated carbocycles. The summed E-state index contributed by atoms with van der Waals surface area (Å²) in [4.78, 5) is 16.9. The van der Waals surface area contributed by atoms with Gasteiger partial charge in [0.1, 0.15) is 17.4 Å². The van der Waals surface area contributed by atoms with Crippen LogP contribution in [0, 0.1) is 11.7 Å². The first-order valence-corrected chi connectivity index (χ1v) is 10.4. The molecule has 0 spiro atoms. The molecule has 0 bridgehead atoms. The zero-order valence-corrected chi connectivity index (χ0v) is 17.1. The van der Waals surface area contributed by atoms with E-state index in [1.165, 1.54) is 37.8 Å². The molecule has 4 rings (SSSR count). The van der Waals surface area contributed by atoms with Gasteiger partial charge in [-0.2, -0.15) is 0 Å². The van der Waals surface area contributed by atoms with E-state index in [1.807, 2.05) is 0 Å². The highest BCUT2D eigenvalue weighted by Gasteiger charge is 2.16. The first kappa shape index (κ1) is 20.7. The number of pyridine rings is 1. The Balaban J connectivity index is 1.44. The van der Waals surface area contributed by atoms with Crippen LogP contribution >= 0.6 is 0 Å². The number of benzene rings is 2. The number of aromatic nitrogens is 1. The topological polar surface area (TPSA) is 103 Å². The summed E-state index contributed by atoms with van der Waals surface area (Å²) >= 11 is 0. The molecule has 0 saturated heterocycles. The molecule has 0 radical (unpaired) electrons. The lowest BCUT2D eigenvalue weighted by atomic mass is 10.1. The largest absolute Gasteiger partial charge is 0.493 e. The van der Waals surface area contributed by atoms with Gasteiger partial charge in [-0.3, -0.25) is 4.79 Å². The minimum absolute atomic E-state index is 0.0868. The quantitative estimate of drug-likeness (QED) is 0.528. The Labute approximate surface area is 180 Å². The van der Waals surface area contributed by atoms with Gasteiger partial charge in [-0.05, 0) is 73.4 Å². The van der Waals surface area contributed by atoms with Crippen LogP contribution in [0.5, 0.6) is 5.75 Å². The molecule has 1 aromatic heterocycles. The van der Waals surface area contributed by atoms with Gasteiger partial charge >= 0.3 is 0 Å². The number of carbonyl (C=O) groups is 1. The number of nitrogens with zero attached hydrogens (tertiary/aromatic N) is 1.